The Morgan fingerprint density at radius 3 is 2.86 bits per heavy atom. The molecule has 0 spiro atoms. The van der Waals surface area contributed by atoms with Crippen molar-refractivity contribution in [3.8, 4) is 0 Å². The van der Waals surface area contributed by atoms with Gasteiger partial charge < -0.3 is 20.7 Å². The van der Waals surface area contributed by atoms with Crippen molar-refractivity contribution in [3.63, 3.8) is 0 Å². The number of amides is 1. The second-order valence-electron chi connectivity index (χ2n) is 4.57. The topological polar surface area (TPSA) is 106 Å². The molecule has 0 saturated carbocycles. The van der Waals surface area contributed by atoms with E-state index in [1.54, 1.807) is 18.2 Å². The highest BCUT2D eigenvalue weighted by molar-refractivity contribution is 5.85. The van der Waals surface area contributed by atoms with Crippen LogP contribution in [0.4, 0.5) is 11.4 Å². The molecule has 1 aromatic rings. The van der Waals surface area contributed by atoms with Gasteiger partial charge in [0, 0.05) is 25.7 Å². The summed E-state index contributed by atoms with van der Waals surface area (Å²) >= 11 is 0. The molecule has 0 bridgehead atoms. The van der Waals surface area contributed by atoms with Crippen molar-refractivity contribution in [2.24, 2.45) is 0 Å². The second kappa shape index (κ2) is 9.19. The van der Waals surface area contributed by atoms with Gasteiger partial charge in [0.1, 0.15) is 11.7 Å². The summed E-state index contributed by atoms with van der Waals surface area (Å²) in [5, 5.41) is 19.6. The average molecular weight is 331 g/mol. The Balaban J connectivity index is 0.00000242. The Labute approximate surface area is 134 Å². The molecule has 1 atom stereocenters. The second-order valence-corrected chi connectivity index (χ2v) is 4.57. The third kappa shape index (κ3) is 5.14. The maximum absolute atomic E-state index is 11.8. The molecule has 1 aliphatic heterocycles. The Bertz CT molecular complexity index is 509. The molecule has 1 heterocycles. The van der Waals surface area contributed by atoms with Crippen LogP contribution in [0.5, 0.6) is 0 Å². The third-order valence-corrected chi connectivity index (χ3v) is 3.08. The number of anilines is 1. The highest BCUT2D eigenvalue weighted by atomic mass is 35.5. The molecule has 0 aromatic heterocycles. The predicted molar refractivity (Wildman–Crippen MR) is 84.5 cm³/mol. The average Bonchev–Trinajstić information content (AvgIpc) is 2.52. The number of rotatable bonds is 6. The van der Waals surface area contributed by atoms with Gasteiger partial charge in [-0.2, -0.15) is 0 Å². The molecule has 9 heteroatoms. The van der Waals surface area contributed by atoms with E-state index in [0.29, 0.717) is 38.5 Å². The van der Waals surface area contributed by atoms with Crippen LogP contribution in [-0.4, -0.2) is 49.7 Å². The van der Waals surface area contributed by atoms with Crippen LogP contribution < -0.4 is 16.0 Å². The van der Waals surface area contributed by atoms with Crippen molar-refractivity contribution in [2.45, 2.75) is 6.04 Å². The normalized spacial score (nSPS) is 17.2. The van der Waals surface area contributed by atoms with E-state index >= 15 is 0 Å². The molecular weight excluding hydrogens is 312 g/mol. The number of carbonyl (C=O) groups excluding carboxylic acids is 1. The van der Waals surface area contributed by atoms with Gasteiger partial charge in [-0.25, -0.2) is 0 Å². The molecule has 1 amide bonds. The first-order valence-electron chi connectivity index (χ1n) is 6.74. The number of para-hydroxylation sites is 2. The number of nitrogens with zero attached hydrogens (tertiary/aromatic N) is 1. The van der Waals surface area contributed by atoms with Crippen LogP contribution in [0.25, 0.3) is 0 Å². The summed E-state index contributed by atoms with van der Waals surface area (Å²) in [5.74, 6) is -0.126. The summed E-state index contributed by atoms with van der Waals surface area (Å²) in [4.78, 5) is 22.2. The van der Waals surface area contributed by atoms with E-state index < -0.39 is 4.92 Å². The lowest BCUT2D eigenvalue weighted by Gasteiger charge is -2.22. The van der Waals surface area contributed by atoms with Gasteiger partial charge in [-0.15, -0.1) is 12.4 Å². The fourth-order valence-corrected chi connectivity index (χ4v) is 2.02. The standard InChI is InChI=1S/C13H18N4O4.ClH/c18-13(11-9-21-8-7-15-11)16-6-5-14-10-3-1-2-4-12(10)17(19)20;/h1-4,11,14-15H,5-9H2,(H,16,18);1H. The van der Waals surface area contributed by atoms with E-state index in [0.717, 1.165) is 0 Å². The number of morpholine rings is 1. The van der Waals surface area contributed by atoms with E-state index in [-0.39, 0.29) is 30.0 Å². The Hall–Kier alpha value is -1.90. The zero-order chi connectivity index (χ0) is 15.1. The van der Waals surface area contributed by atoms with E-state index in [9.17, 15) is 14.9 Å². The summed E-state index contributed by atoms with van der Waals surface area (Å²) in [6, 6.07) is 6.07. The molecule has 1 fully saturated rings. The Morgan fingerprint density at radius 1 is 1.41 bits per heavy atom. The first-order valence-corrected chi connectivity index (χ1v) is 6.74. The summed E-state index contributed by atoms with van der Waals surface area (Å²) < 4.78 is 5.21. The molecule has 22 heavy (non-hydrogen) atoms. The molecule has 1 saturated heterocycles. The smallest absolute Gasteiger partial charge is 0.292 e. The van der Waals surface area contributed by atoms with Crippen LogP contribution in [0.15, 0.2) is 24.3 Å². The molecule has 1 unspecified atom stereocenters. The zero-order valence-corrected chi connectivity index (χ0v) is 12.7. The van der Waals surface area contributed by atoms with Crippen LogP contribution in [0, 0.1) is 10.1 Å². The first-order chi connectivity index (χ1) is 10.2. The van der Waals surface area contributed by atoms with Gasteiger partial charge in [-0.05, 0) is 6.07 Å². The lowest BCUT2D eigenvalue weighted by atomic mass is 10.2. The zero-order valence-electron chi connectivity index (χ0n) is 11.9. The number of halogens is 1. The number of carbonyl (C=O) groups is 1. The van der Waals surface area contributed by atoms with Crippen LogP contribution >= 0.6 is 12.4 Å². The van der Waals surface area contributed by atoms with Gasteiger partial charge in [0.15, 0.2) is 0 Å². The summed E-state index contributed by atoms with van der Waals surface area (Å²) in [5.41, 5.74) is 0.460. The molecule has 3 N–H and O–H groups in total. The van der Waals surface area contributed by atoms with Gasteiger partial charge >= 0.3 is 0 Å². The summed E-state index contributed by atoms with van der Waals surface area (Å²) in [7, 11) is 0. The highest BCUT2D eigenvalue weighted by Gasteiger charge is 2.20. The van der Waals surface area contributed by atoms with Crippen LogP contribution in [0.2, 0.25) is 0 Å². The SMILES string of the molecule is Cl.O=C(NCCNc1ccccc1[N+](=O)[O-])C1COCCN1. The van der Waals surface area contributed by atoms with E-state index in [4.69, 9.17) is 4.74 Å². The Morgan fingerprint density at radius 2 is 2.18 bits per heavy atom. The van der Waals surface area contributed by atoms with Crippen molar-refractivity contribution in [3.05, 3.63) is 34.4 Å². The summed E-state index contributed by atoms with van der Waals surface area (Å²) in [6.07, 6.45) is 0. The number of benzene rings is 1. The number of hydrogen-bond donors (Lipinski definition) is 3. The molecule has 1 aliphatic rings. The van der Waals surface area contributed by atoms with Crippen LogP contribution in [-0.2, 0) is 9.53 Å². The summed E-state index contributed by atoms with van der Waals surface area (Å²) in [6.45, 7) is 2.42. The molecule has 0 aliphatic carbocycles. The molecule has 1 aromatic carbocycles. The highest BCUT2D eigenvalue weighted by Crippen LogP contribution is 2.22. The first kappa shape index (κ1) is 18.1. The number of nitro groups is 1. The van der Waals surface area contributed by atoms with Gasteiger partial charge in [0.25, 0.3) is 5.69 Å². The van der Waals surface area contributed by atoms with Gasteiger partial charge in [0.05, 0.1) is 18.1 Å². The van der Waals surface area contributed by atoms with Crippen molar-refractivity contribution in [1.82, 2.24) is 10.6 Å². The van der Waals surface area contributed by atoms with Crippen LogP contribution in [0.1, 0.15) is 0 Å². The monoisotopic (exact) mass is 330 g/mol. The maximum Gasteiger partial charge on any atom is 0.292 e. The quantitative estimate of drug-likeness (QED) is 0.399. The van der Waals surface area contributed by atoms with E-state index in [1.165, 1.54) is 6.07 Å². The maximum atomic E-state index is 11.8. The van der Waals surface area contributed by atoms with Crippen molar-refractivity contribution in [2.75, 3.05) is 38.2 Å². The number of nitrogens with one attached hydrogen (secondary N) is 3. The van der Waals surface area contributed by atoms with Crippen molar-refractivity contribution >= 4 is 29.7 Å². The minimum absolute atomic E-state index is 0. The predicted octanol–water partition coefficient (Wildman–Crippen LogP) is 0.533. The molecular formula is C13H19ClN4O4. The fraction of sp³-hybridized carbons (Fsp3) is 0.462. The number of hydrogen-bond acceptors (Lipinski definition) is 6. The third-order valence-electron chi connectivity index (χ3n) is 3.08. The lowest BCUT2D eigenvalue weighted by molar-refractivity contribution is -0.384. The van der Waals surface area contributed by atoms with E-state index in [1.807, 2.05) is 0 Å². The number of nitro benzene ring substituents is 1. The van der Waals surface area contributed by atoms with Gasteiger partial charge in [0.2, 0.25) is 5.91 Å². The molecule has 0 radical (unpaired) electrons. The van der Waals surface area contributed by atoms with Gasteiger partial charge in [-0.1, -0.05) is 12.1 Å². The molecule has 122 valence electrons. The molecule has 2 rings (SSSR count). The molecule has 8 nitrogen and oxygen atoms in total. The van der Waals surface area contributed by atoms with E-state index in [2.05, 4.69) is 16.0 Å². The van der Waals surface area contributed by atoms with Crippen molar-refractivity contribution in [1.29, 1.82) is 0 Å². The fourth-order valence-electron chi connectivity index (χ4n) is 2.02. The number of ether oxygens (including phenoxy) is 1. The lowest BCUT2D eigenvalue weighted by Crippen LogP contribution is -2.51. The Kier molecular flexibility index (Phi) is 7.58. The minimum Gasteiger partial charge on any atom is -0.378 e. The van der Waals surface area contributed by atoms with Gasteiger partial charge in [-0.3, -0.25) is 14.9 Å². The van der Waals surface area contributed by atoms with Crippen molar-refractivity contribution < 1.29 is 14.5 Å². The largest absolute Gasteiger partial charge is 0.378 e. The van der Waals surface area contributed by atoms with Crippen LogP contribution in [0.3, 0.4) is 0 Å². The minimum atomic E-state index is -0.440.